The van der Waals surface area contributed by atoms with Crippen LogP contribution in [0.25, 0.3) is 10.8 Å². The third-order valence-electron chi connectivity index (χ3n) is 4.96. The van der Waals surface area contributed by atoms with Gasteiger partial charge in [0.25, 0.3) is 5.91 Å². The molecule has 4 aromatic rings. The molecule has 32 heavy (non-hydrogen) atoms. The van der Waals surface area contributed by atoms with Gasteiger partial charge in [-0.05, 0) is 48.4 Å². The Labute approximate surface area is 187 Å². The third-order valence-corrected chi connectivity index (χ3v) is 6.61. The van der Waals surface area contributed by atoms with E-state index >= 15 is 0 Å². The van der Waals surface area contributed by atoms with Gasteiger partial charge in [-0.25, -0.2) is 17.8 Å². The van der Waals surface area contributed by atoms with Crippen LogP contribution < -0.4 is 10.0 Å². The summed E-state index contributed by atoms with van der Waals surface area (Å²) < 4.78 is 29.1. The Bertz CT molecular complexity index is 1370. The Morgan fingerprint density at radius 2 is 1.75 bits per heavy atom. The number of hydrogen-bond acceptors (Lipinski definition) is 4. The van der Waals surface area contributed by atoms with Crippen molar-refractivity contribution >= 4 is 32.5 Å². The maximum Gasteiger partial charge on any atom is 0.256 e. The van der Waals surface area contributed by atoms with E-state index in [9.17, 15) is 13.2 Å². The number of nitrogens with zero attached hydrogens (tertiary/aromatic N) is 2. The number of rotatable bonds is 7. The van der Waals surface area contributed by atoms with Gasteiger partial charge in [0.05, 0.1) is 17.6 Å². The van der Waals surface area contributed by atoms with E-state index in [0.29, 0.717) is 12.4 Å². The summed E-state index contributed by atoms with van der Waals surface area (Å²) in [5, 5.41) is 9.45. The van der Waals surface area contributed by atoms with Crippen LogP contribution in [0.15, 0.2) is 83.9 Å². The standard InChI is InChI=1S/C24H24N4O3S/c1-17(2)27-32(30,31)21-11-6-9-19(15-21)24(29)26-23-13-14-25-28(23)16-20-10-5-8-18-7-3-4-12-22(18)20/h3-15,17,27H,16H2,1-2H3,(H,26,29). The molecule has 7 nitrogen and oxygen atoms in total. The van der Waals surface area contributed by atoms with Gasteiger partial charge in [0.15, 0.2) is 0 Å². The lowest BCUT2D eigenvalue weighted by atomic mass is 10.0. The number of benzene rings is 3. The van der Waals surface area contributed by atoms with Gasteiger partial charge in [0.2, 0.25) is 10.0 Å². The molecule has 0 spiro atoms. The number of carbonyl (C=O) groups excluding carboxylic acids is 1. The van der Waals surface area contributed by atoms with Gasteiger partial charge < -0.3 is 5.32 Å². The largest absolute Gasteiger partial charge is 0.307 e. The SMILES string of the molecule is CC(C)NS(=O)(=O)c1cccc(C(=O)Nc2ccnn2Cc2cccc3ccccc23)c1. The van der Waals surface area contributed by atoms with Gasteiger partial charge in [-0.15, -0.1) is 0 Å². The van der Waals surface area contributed by atoms with E-state index in [1.807, 2.05) is 24.3 Å². The zero-order valence-corrected chi connectivity index (χ0v) is 18.6. The summed E-state index contributed by atoms with van der Waals surface area (Å²) in [6, 6.07) is 21.6. The summed E-state index contributed by atoms with van der Waals surface area (Å²) >= 11 is 0. The Morgan fingerprint density at radius 1 is 1.00 bits per heavy atom. The fourth-order valence-corrected chi connectivity index (χ4v) is 4.82. The lowest BCUT2D eigenvalue weighted by Gasteiger charge is -2.12. The average Bonchev–Trinajstić information content (AvgIpc) is 3.19. The van der Waals surface area contributed by atoms with Crippen molar-refractivity contribution in [2.75, 3.05) is 5.32 Å². The molecule has 8 heteroatoms. The lowest BCUT2D eigenvalue weighted by molar-refractivity contribution is 0.102. The maximum absolute atomic E-state index is 12.9. The first-order valence-electron chi connectivity index (χ1n) is 10.3. The molecule has 0 aliphatic carbocycles. The molecule has 1 heterocycles. The van der Waals surface area contributed by atoms with Crippen molar-refractivity contribution in [2.24, 2.45) is 0 Å². The smallest absolute Gasteiger partial charge is 0.256 e. The average molecular weight is 449 g/mol. The highest BCUT2D eigenvalue weighted by Crippen LogP contribution is 2.21. The van der Waals surface area contributed by atoms with Crippen LogP contribution in [0.1, 0.15) is 29.8 Å². The third kappa shape index (κ3) is 4.71. The van der Waals surface area contributed by atoms with Crippen LogP contribution in [-0.4, -0.2) is 30.1 Å². The van der Waals surface area contributed by atoms with E-state index in [-0.39, 0.29) is 16.5 Å². The summed E-state index contributed by atoms with van der Waals surface area (Å²) in [6.45, 7) is 3.97. The molecule has 0 saturated heterocycles. The van der Waals surface area contributed by atoms with Gasteiger partial charge in [0.1, 0.15) is 5.82 Å². The van der Waals surface area contributed by atoms with Crippen molar-refractivity contribution in [1.82, 2.24) is 14.5 Å². The van der Waals surface area contributed by atoms with E-state index < -0.39 is 15.9 Å². The lowest BCUT2D eigenvalue weighted by Crippen LogP contribution is -2.30. The summed E-state index contributed by atoms with van der Waals surface area (Å²) in [5.41, 5.74) is 1.32. The number of anilines is 1. The molecule has 0 atom stereocenters. The van der Waals surface area contributed by atoms with Gasteiger partial charge in [0, 0.05) is 17.7 Å². The highest BCUT2D eigenvalue weighted by Gasteiger charge is 2.18. The predicted octanol–water partition coefficient (Wildman–Crippen LogP) is 4.02. The highest BCUT2D eigenvalue weighted by atomic mass is 32.2. The van der Waals surface area contributed by atoms with Crippen LogP contribution in [0.5, 0.6) is 0 Å². The molecule has 2 N–H and O–H groups in total. The number of hydrogen-bond donors (Lipinski definition) is 2. The van der Waals surface area contributed by atoms with E-state index in [2.05, 4.69) is 33.3 Å². The molecular weight excluding hydrogens is 424 g/mol. The number of nitrogens with one attached hydrogen (secondary N) is 2. The number of aromatic nitrogens is 2. The minimum Gasteiger partial charge on any atom is -0.307 e. The summed E-state index contributed by atoms with van der Waals surface area (Å²) in [5.74, 6) is 0.114. The van der Waals surface area contributed by atoms with E-state index in [1.165, 1.54) is 12.1 Å². The second kappa shape index (κ2) is 8.94. The zero-order chi connectivity index (χ0) is 22.7. The van der Waals surface area contributed by atoms with Crippen molar-refractivity contribution in [3.8, 4) is 0 Å². The van der Waals surface area contributed by atoms with Crippen molar-refractivity contribution in [1.29, 1.82) is 0 Å². The second-order valence-electron chi connectivity index (χ2n) is 7.77. The minimum atomic E-state index is -3.69. The van der Waals surface area contributed by atoms with Crippen molar-refractivity contribution in [2.45, 2.75) is 31.3 Å². The summed E-state index contributed by atoms with van der Waals surface area (Å²) in [7, 11) is -3.69. The minimum absolute atomic E-state index is 0.0445. The first-order valence-corrected chi connectivity index (χ1v) is 11.7. The van der Waals surface area contributed by atoms with E-state index in [4.69, 9.17) is 0 Å². The molecule has 0 aliphatic rings. The molecule has 0 bridgehead atoms. The van der Waals surface area contributed by atoms with Crippen LogP contribution in [0.2, 0.25) is 0 Å². The molecule has 0 fully saturated rings. The molecule has 164 valence electrons. The number of fused-ring (bicyclic) bond motifs is 1. The quantitative estimate of drug-likeness (QED) is 0.447. The molecule has 3 aromatic carbocycles. The van der Waals surface area contributed by atoms with Gasteiger partial charge >= 0.3 is 0 Å². The normalized spacial score (nSPS) is 11.7. The highest BCUT2D eigenvalue weighted by molar-refractivity contribution is 7.89. The second-order valence-corrected chi connectivity index (χ2v) is 9.48. The molecule has 0 aliphatic heterocycles. The van der Waals surface area contributed by atoms with Crippen molar-refractivity contribution < 1.29 is 13.2 Å². The van der Waals surface area contributed by atoms with Gasteiger partial charge in [-0.3, -0.25) is 4.79 Å². The molecule has 0 radical (unpaired) electrons. The summed E-state index contributed by atoms with van der Waals surface area (Å²) in [6.07, 6.45) is 1.62. The van der Waals surface area contributed by atoms with Crippen molar-refractivity contribution in [3.63, 3.8) is 0 Å². The molecular formula is C24H24N4O3S. The number of amides is 1. The van der Waals surface area contributed by atoms with Crippen molar-refractivity contribution in [3.05, 3.63) is 90.1 Å². The zero-order valence-electron chi connectivity index (χ0n) is 17.8. The topological polar surface area (TPSA) is 93.1 Å². The maximum atomic E-state index is 12.9. The molecule has 4 rings (SSSR count). The fourth-order valence-electron chi connectivity index (χ4n) is 3.53. The molecule has 0 unspecified atom stereocenters. The van der Waals surface area contributed by atoms with E-state index in [1.54, 1.807) is 42.9 Å². The first-order chi connectivity index (χ1) is 15.3. The fraction of sp³-hybridized carbons (Fsp3) is 0.167. The molecule has 1 aromatic heterocycles. The predicted molar refractivity (Wildman–Crippen MR) is 125 cm³/mol. The Hall–Kier alpha value is -3.49. The molecule has 0 saturated carbocycles. The Kier molecular flexibility index (Phi) is 6.07. The van der Waals surface area contributed by atoms with Crippen LogP contribution in [0.4, 0.5) is 5.82 Å². The summed E-state index contributed by atoms with van der Waals surface area (Å²) in [4.78, 5) is 12.9. The first kappa shape index (κ1) is 21.7. The Balaban J connectivity index is 1.56. The number of sulfonamides is 1. The van der Waals surface area contributed by atoms with Gasteiger partial charge in [-0.1, -0.05) is 48.5 Å². The van der Waals surface area contributed by atoms with Crippen LogP contribution in [0.3, 0.4) is 0 Å². The van der Waals surface area contributed by atoms with Crippen LogP contribution in [0, 0.1) is 0 Å². The van der Waals surface area contributed by atoms with Crippen LogP contribution >= 0.6 is 0 Å². The monoisotopic (exact) mass is 448 g/mol. The van der Waals surface area contributed by atoms with Gasteiger partial charge in [-0.2, -0.15) is 5.10 Å². The van der Waals surface area contributed by atoms with Crippen LogP contribution in [-0.2, 0) is 16.6 Å². The van der Waals surface area contributed by atoms with E-state index in [0.717, 1.165) is 16.3 Å². The molecule has 1 amide bonds. The number of carbonyl (C=O) groups is 1. The Morgan fingerprint density at radius 3 is 2.56 bits per heavy atom.